The van der Waals surface area contributed by atoms with Gasteiger partial charge >= 0.3 is 0 Å². The Bertz CT molecular complexity index is 853. The lowest BCUT2D eigenvalue weighted by atomic mass is 10.0. The van der Waals surface area contributed by atoms with Crippen molar-refractivity contribution < 1.29 is 4.79 Å². The van der Waals surface area contributed by atoms with E-state index in [1.807, 2.05) is 30.6 Å². The molecular weight excluding hydrogens is 469 g/mol. The van der Waals surface area contributed by atoms with E-state index in [9.17, 15) is 4.79 Å². The van der Waals surface area contributed by atoms with Crippen LogP contribution in [-0.2, 0) is 11.3 Å². The van der Waals surface area contributed by atoms with Crippen molar-refractivity contribution in [2.24, 2.45) is 10.7 Å². The number of nitrogens with one attached hydrogen (secondary N) is 1. The summed E-state index contributed by atoms with van der Waals surface area (Å²) >= 11 is 0. The second-order valence-electron chi connectivity index (χ2n) is 7.50. The predicted molar refractivity (Wildman–Crippen MR) is 122 cm³/mol. The van der Waals surface area contributed by atoms with Gasteiger partial charge in [0.15, 0.2) is 5.96 Å². The summed E-state index contributed by atoms with van der Waals surface area (Å²) in [5.41, 5.74) is 8.02. The minimum Gasteiger partial charge on any atom is -0.368 e. The van der Waals surface area contributed by atoms with Gasteiger partial charge in [0.2, 0.25) is 5.91 Å². The zero-order valence-corrected chi connectivity index (χ0v) is 19.3. The highest BCUT2D eigenvalue weighted by Crippen LogP contribution is 2.16. The van der Waals surface area contributed by atoms with E-state index in [2.05, 4.69) is 44.1 Å². The first-order valence-corrected chi connectivity index (χ1v) is 9.26. The van der Waals surface area contributed by atoms with Crippen molar-refractivity contribution in [1.82, 2.24) is 24.5 Å². The van der Waals surface area contributed by atoms with Gasteiger partial charge in [-0.15, -0.1) is 24.0 Å². The number of aromatic nitrogens is 2. The first-order chi connectivity index (χ1) is 12.8. The fourth-order valence-corrected chi connectivity index (χ4v) is 3.36. The van der Waals surface area contributed by atoms with Gasteiger partial charge < -0.3 is 20.4 Å². The van der Waals surface area contributed by atoms with Crippen LogP contribution in [0.25, 0.3) is 5.65 Å². The van der Waals surface area contributed by atoms with Crippen LogP contribution in [0.15, 0.2) is 29.5 Å². The number of guanidine groups is 1. The van der Waals surface area contributed by atoms with Crippen molar-refractivity contribution in [2.45, 2.75) is 32.9 Å². The largest absolute Gasteiger partial charge is 0.368 e. The molecule has 2 aromatic rings. The van der Waals surface area contributed by atoms with Gasteiger partial charge in [-0.1, -0.05) is 0 Å². The second kappa shape index (κ2) is 9.08. The Kier molecular flexibility index (Phi) is 7.27. The Morgan fingerprint density at radius 2 is 2.00 bits per heavy atom. The number of nitrogens with zero attached hydrogens (tertiary/aromatic N) is 5. The molecule has 2 aromatic heterocycles. The maximum Gasteiger partial charge on any atom is 0.237 e. The molecule has 0 aromatic carbocycles. The van der Waals surface area contributed by atoms with Crippen LogP contribution in [0.3, 0.4) is 0 Å². The van der Waals surface area contributed by atoms with Crippen molar-refractivity contribution in [3.05, 3.63) is 35.8 Å². The van der Waals surface area contributed by atoms with Gasteiger partial charge in [-0.2, -0.15) is 0 Å². The summed E-state index contributed by atoms with van der Waals surface area (Å²) in [4.78, 5) is 25.1. The fourth-order valence-electron chi connectivity index (χ4n) is 3.36. The molecule has 28 heavy (non-hydrogen) atoms. The SMILES string of the molecule is CN=C(NCc1cn2ccc(C)cc2n1)N1CCN(C(C)(C)C(N)=O)CC1.I. The van der Waals surface area contributed by atoms with Gasteiger partial charge in [0, 0.05) is 45.6 Å². The number of aliphatic imine (C=N–C) groups is 1. The fraction of sp³-hybridized carbons (Fsp3) is 0.526. The van der Waals surface area contributed by atoms with Crippen LogP contribution < -0.4 is 11.1 Å². The molecule has 154 valence electrons. The molecular formula is C19H30IN7O. The van der Waals surface area contributed by atoms with Crippen LogP contribution in [0.2, 0.25) is 0 Å². The van der Waals surface area contributed by atoms with Crippen molar-refractivity contribution in [3.63, 3.8) is 0 Å². The summed E-state index contributed by atoms with van der Waals surface area (Å²) in [6, 6.07) is 4.13. The number of hydrogen-bond acceptors (Lipinski definition) is 4. The minimum atomic E-state index is -0.627. The van der Waals surface area contributed by atoms with Gasteiger partial charge in [0.25, 0.3) is 0 Å². The molecule has 0 radical (unpaired) electrons. The van der Waals surface area contributed by atoms with Crippen molar-refractivity contribution in [1.29, 1.82) is 0 Å². The van der Waals surface area contributed by atoms with E-state index in [0.29, 0.717) is 6.54 Å². The third-order valence-corrected chi connectivity index (χ3v) is 5.28. The van der Waals surface area contributed by atoms with Crippen LogP contribution in [0.4, 0.5) is 0 Å². The number of carbonyl (C=O) groups is 1. The Morgan fingerprint density at radius 1 is 1.32 bits per heavy atom. The first kappa shape index (κ1) is 22.4. The standard InChI is InChI=1S/C19H29N7O.HI/c1-14-5-6-25-13-15(23-16(25)11-14)12-22-18(21-4)24-7-9-26(10-8-24)19(2,3)17(20)27;/h5-6,11,13H,7-10,12H2,1-4H3,(H2,20,27)(H,21,22);1H. The first-order valence-electron chi connectivity index (χ1n) is 9.26. The maximum absolute atomic E-state index is 11.7. The third kappa shape index (κ3) is 4.75. The molecule has 0 aliphatic carbocycles. The topological polar surface area (TPSA) is 91.3 Å². The normalized spacial score (nSPS) is 16.1. The molecule has 1 fully saturated rings. The number of aryl methyl sites for hydroxylation is 1. The van der Waals surface area contributed by atoms with E-state index in [1.165, 1.54) is 5.56 Å². The molecule has 3 N–H and O–H groups in total. The zero-order valence-electron chi connectivity index (χ0n) is 17.0. The van der Waals surface area contributed by atoms with E-state index in [1.54, 1.807) is 7.05 Å². The molecule has 1 amide bonds. The quantitative estimate of drug-likeness (QED) is 0.375. The van der Waals surface area contributed by atoms with Gasteiger partial charge in [-0.05, 0) is 38.5 Å². The van der Waals surface area contributed by atoms with Crippen molar-refractivity contribution >= 4 is 41.5 Å². The number of imidazole rings is 1. The number of primary amides is 1. The number of fused-ring (bicyclic) bond motifs is 1. The van der Waals surface area contributed by atoms with Gasteiger partial charge in [0.05, 0.1) is 17.8 Å². The second-order valence-corrected chi connectivity index (χ2v) is 7.50. The molecule has 0 atom stereocenters. The average Bonchev–Trinajstić information content (AvgIpc) is 3.04. The summed E-state index contributed by atoms with van der Waals surface area (Å²) in [6.45, 7) is 9.55. The van der Waals surface area contributed by atoms with Crippen molar-refractivity contribution in [2.75, 3.05) is 33.2 Å². The Morgan fingerprint density at radius 3 is 2.61 bits per heavy atom. The number of hydrogen-bond donors (Lipinski definition) is 2. The van der Waals surface area contributed by atoms with Crippen LogP contribution in [0.5, 0.6) is 0 Å². The van der Waals surface area contributed by atoms with Crippen LogP contribution >= 0.6 is 24.0 Å². The molecule has 1 saturated heterocycles. The number of nitrogens with two attached hydrogens (primary N) is 1. The summed E-state index contributed by atoms with van der Waals surface area (Å²) in [5.74, 6) is 0.556. The van der Waals surface area contributed by atoms with E-state index in [-0.39, 0.29) is 29.9 Å². The minimum absolute atomic E-state index is 0. The highest BCUT2D eigenvalue weighted by atomic mass is 127. The lowest BCUT2D eigenvalue weighted by molar-refractivity contribution is -0.129. The number of carbonyl (C=O) groups excluding carboxylic acids is 1. The summed E-state index contributed by atoms with van der Waals surface area (Å²) in [7, 11) is 1.79. The average molecular weight is 499 g/mol. The Labute approximate surface area is 183 Å². The van der Waals surface area contributed by atoms with E-state index in [4.69, 9.17) is 5.73 Å². The molecule has 0 unspecified atom stereocenters. The van der Waals surface area contributed by atoms with Crippen LogP contribution in [-0.4, -0.2) is 69.8 Å². The molecule has 8 nitrogen and oxygen atoms in total. The molecule has 0 saturated carbocycles. The van der Waals surface area contributed by atoms with Gasteiger partial charge in [-0.3, -0.25) is 14.7 Å². The Hall–Kier alpha value is -1.88. The number of rotatable bonds is 4. The van der Waals surface area contributed by atoms with E-state index < -0.39 is 5.54 Å². The predicted octanol–water partition coefficient (Wildman–Crippen LogP) is 1.22. The number of piperazine rings is 1. The Balaban J connectivity index is 0.00000280. The van der Waals surface area contributed by atoms with E-state index in [0.717, 1.165) is 43.5 Å². The summed E-state index contributed by atoms with van der Waals surface area (Å²) in [6.07, 6.45) is 4.05. The molecule has 3 heterocycles. The highest BCUT2D eigenvalue weighted by molar-refractivity contribution is 14.0. The lowest BCUT2D eigenvalue weighted by Gasteiger charge is -2.43. The number of halogens is 1. The molecule has 9 heteroatoms. The molecule has 1 aliphatic rings. The van der Waals surface area contributed by atoms with E-state index >= 15 is 0 Å². The van der Waals surface area contributed by atoms with Crippen molar-refractivity contribution in [3.8, 4) is 0 Å². The molecule has 0 bridgehead atoms. The van der Waals surface area contributed by atoms with Crippen LogP contribution in [0.1, 0.15) is 25.1 Å². The van der Waals surface area contributed by atoms with Crippen LogP contribution in [0, 0.1) is 6.92 Å². The third-order valence-electron chi connectivity index (χ3n) is 5.28. The lowest BCUT2D eigenvalue weighted by Crippen LogP contribution is -2.61. The number of pyridine rings is 1. The van der Waals surface area contributed by atoms with Gasteiger partial charge in [-0.25, -0.2) is 4.98 Å². The zero-order chi connectivity index (χ0) is 19.6. The molecule has 3 rings (SSSR count). The highest BCUT2D eigenvalue weighted by Gasteiger charge is 2.35. The monoisotopic (exact) mass is 499 g/mol. The summed E-state index contributed by atoms with van der Waals surface area (Å²) in [5, 5.41) is 3.40. The van der Waals surface area contributed by atoms with Gasteiger partial charge in [0.1, 0.15) is 5.65 Å². The smallest absolute Gasteiger partial charge is 0.237 e. The maximum atomic E-state index is 11.7. The molecule has 1 aliphatic heterocycles. The molecule has 0 spiro atoms. The summed E-state index contributed by atoms with van der Waals surface area (Å²) < 4.78 is 2.03. The number of amides is 1.